The summed E-state index contributed by atoms with van der Waals surface area (Å²) in [5.74, 6) is -0.186. The zero-order valence-electron chi connectivity index (χ0n) is 13.6. The highest BCUT2D eigenvalue weighted by Crippen LogP contribution is 2.19. The number of nitrogens with one attached hydrogen (secondary N) is 1. The molecule has 25 heavy (non-hydrogen) atoms. The van der Waals surface area contributed by atoms with E-state index >= 15 is 0 Å². The van der Waals surface area contributed by atoms with E-state index < -0.39 is 0 Å². The molecule has 4 aromatic rings. The second-order valence-electron chi connectivity index (χ2n) is 5.54. The molecule has 0 aliphatic heterocycles. The van der Waals surface area contributed by atoms with Gasteiger partial charge in [-0.15, -0.1) is 11.3 Å². The van der Waals surface area contributed by atoms with Crippen LogP contribution in [0.3, 0.4) is 0 Å². The van der Waals surface area contributed by atoms with E-state index in [-0.39, 0.29) is 5.91 Å². The molecular weight excluding hydrogens is 336 g/mol. The van der Waals surface area contributed by atoms with E-state index in [2.05, 4.69) is 25.3 Å². The van der Waals surface area contributed by atoms with E-state index in [1.807, 2.05) is 35.9 Å². The number of carbonyl (C=O) groups is 1. The first-order valence-electron chi connectivity index (χ1n) is 7.60. The number of nitrogens with zero attached hydrogens (tertiary/aromatic N) is 5. The standard InChI is InChI=1S/C17H14N6OS/c1-10-7-25-17(21-10)22-16(24)12-3-5-13(6-4-12)23-9-20-14-11(2)18-8-19-15(14)23/h3-9H,1-2H3,(H,21,22,24). The van der Waals surface area contributed by atoms with Crippen molar-refractivity contribution in [1.82, 2.24) is 24.5 Å². The van der Waals surface area contributed by atoms with Gasteiger partial charge in [0, 0.05) is 16.6 Å². The van der Waals surface area contributed by atoms with Gasteiger partial charge in [-0.05, 0) is 38.1 Å². The molecule has 124 valence electrons. The summed E-state index contributed by atoms with van der Waals surface area (Å²) in [5.41, 5.74) is 4.67. The molecule has 8 heteroatoms. The summed E-state index contributed by atoms with van der Waals surface area (Å²) in [5, 5.41) is 5.29. The molecule has 3 aromatic heterocycles. The number of benzene rings is 1. The second-order valence-corrected chi connectivity index (χ2v) is 6.40. The van der Waals surface area contributed by atoms with Gasteiger partial charge in [-0.25, -0.2) is 19.9 Å². The number of rotatable bonds is 3. The third-order valence-corrected chi connectivity index (χ3v) is 4.64. The molecule has 3 heterocycles. The first kappa shape index (κ1) is 15.4. The number of anilines is 1. The van der Waals surface area contributed by atoms with Crippen LogP contribution in [0.25, 0.3) is 16.9 Å². The Bertz CT molecular complexity index is 1070. The fraction of sp³-hybridized carbons (Fsp3) is 0.118. The number of fused-ring (bicyclic) bond motifs is 1. The van der Waals surface area contributed by atoms with Crippen LogP contribution in [0.4, 0.5) is 5.13 Å². The van der Waals surface area contributed by atoms with Crippen molar-refractivity contribution >= 4 is 33.5 Å². The van der Waals surface area contributed by atoms with Crippen molar-refractivity contribution in [2.45, 2.75) is 13.8 Å². The molecule has 0 bridgehead atoms. The van der Waals surface area contributed by atoms with Crippen LogP contribution >= 0.6 is 11.3 Å². The summed E-state index contributed by atoms with van der Waals surface area (Å²) in [4.78, 5) is 29.3. The lowest BCUT2D eigenvalue weighted by atomic mass is 10.2. The fourth-order valence-corrected chi connectivity index (χ4v) is 3.18. The number of thiazole rings is 1. The summed E-state index contributed by atoms with van der Waals surface area (Å²) >= 11 is 1.41. The molecule has 1 N–H and O–H groups in total. The summed E-state index contributed by atoms with van der Waals surface area (Å²) in [6.45, 7) is 3.79. The Morgan fingerprint density at radius 3 is 2.64 bits per heavy atom. The lowest BCUT2D eigenvalue weighted by Gasteiger charge is -2.06. The second kappa shape index (κ2) is 6.06. The topological polar surface area (TPSA) is 85.6 Å². The van der Waals surface area contributed by atoms with Gasteiger partial charge in [-0.1, -0.05) is 0 Å². The third kappa shape index (κ3) is 2.87. The van der Waals surface area contributed by atoms with E-state index in [9.17, 15) is 4.79 Å². The smallest absolute Gasteiger partial charge is 0.257 e. The average molecular weight is 350 g/mol. The Balaban J connectivity index is 1.61. The number of hydrogen-bond acceptors (Lipinski definition) is 6. The highest BCUT2D eigenvalue weighted by atomic mass is 32.1. The molecule has 1 amide bonds. The summed E-state index contributed by atoms with van der Waals surface area (Å²) in [7, 11) is 0. The summed E-state index contributed by atoms with van der Waals surface area (Å²) in [6.07, 6.45) is 3.23. The van der Waals surface area contributed by atoms with E-state index in [1.54, 1.807) is 18.5 Å². The Labute approximate surface area is 147 Å². The molecule has 0 saturated carbocycles. The minimum Gasteiger partial charge on any atom is -0.298 e. The van der Waals surface area contributed by atoms with E-state index in [4.69, 9.17) is 0 Å². The molecule has 0 aliphatic rings. The number of imidazole rings is 1. The number of aromatic nitrogens is 5. The van der Waals surface area contributed by atoms with Crippen molar-refractivity contribution < 1.29 is 4.79 Å². The minimum atomic E-state index is -0.186. The van der Waals surface area contributed by atoms with Gasteiger partial charge in [-0.3, -0.25) is 14.7 Å². The van der Waals surface area contributed by atoms with Crippen LogP contribution in [0.1, 0.15) is 21.7 Å². The minimum absolute atomic E-state index is 0.186. The van der Waals surface area contributed by atoms with Crippen molar-refractivity contribution in [2.75, 3.05) is 5.32 Å². The van der Waals surface area contributed by atoms with Crippen molar-refractivity contribution in [3.05, 3.63) is 59.3 Å². The van der Waals surface area contributed by atoms with Crippen molar-refractivity contribution in [1.29, 1.82) is 0 Å². The first-order chi connectivity index (χ1) is 12.1. The van der Waals surface area contributed by atoms with Crippen LogP contribution in [0.2, 0.25) is 0 Å². The van der Waals surface area contributed by atoms with Crippen LogP contribution in [0, 0.1) is 13.8 Å². The Morgan fingerprint density at radius 1 is 1.12 bits per heavy atom. The first-order valence-corrected chi connectivity index (χ1v) is 8.48. The average Bonchev–Trinajstić information content (AvgIpc) is 3.22. The van der Waals surface area contributed by atoms with Gasteiger partial charge in [0.2, 0.25) is 0 Å². The zero-order chi connectivity index (χ0) is 17.4. The van der Waals surface area contributed by atoms with Gasteiger partial charge in [-0.2, -0.15) is 0 Å². The SMILES string of the molecule is Cc1csc(NC(=O)c2ccc(-n3cnc4c(C)ncnc43)cc2)n1. The van der Waals surface area contributed by atoms with Gasteiger partial charge in [0.15, 0.2) is 10.8 Å². The zero-order valence-corrected chi connectivity index (χ0v) is 14.4. The van der Waals surface area contributed by atoms with Gasteiger partial charge < -0.3 is 0 Å². The molecule has 0 spiro atoms. The molecule has 0 aliphatic carbocycles. The van der Waals surface area contributed by atoms with Crippen molar-refractivity contribution in [2.24, 2.45) is 0 Å². The van der Waals surface area contributed by atoms with Gasteiger partial charge in [0.25, 0.3) is 5.91 Å². The molecule has 4 rings (SSSR count). The molecular formula is C17H14N6OS. The van der Waals surface area contributed by atoms with Crippen LogP contribution in [0.5, 0.6) is 0 Å². The van der Waals surface area contributed by atoms with Gasteiger partial charge >= 0.3 is 0 Å². The van der Waals surface area contributed by atoms with Crippen LogP contribution in [-0.2, 0) is 0 Å². The lowest BCUT2D eigenvalue weighted by molar-refractivity contribution is 0.102. The molecule has 0 fully saturated rings. The molecule has 0 radical (unpaired) electrons. The van der Waals surface area contributed by atoms with Crippen LogP contribution in [-0.4, -0.2) is 30.4 Å². The largest absolute Gasteiger partial charge is 0.298 e. The molecule has 0 saturated heterocycles. The molecule has 7 nitrogen and oxygen atoms in total. The van der Waals surface area contributed by atoms with Crippen molar-refractivity contribution in [3.63, 3.8) is 0 Å². The maximum atomic E-state index is 12.3. The number of aryl methyl sites for hydroxylation is 2. The molecule has 0 atom stereocenters. The number of hydrogen-bond donors (Lipinski definition) is 1. The third-order valence-electron chi connectivity index (χ3n) is 3.76. The highest BCUT2D eigenvalue weighted by molar-refractivity contribution is 7.13. The maximum absolute atomic E-state index is 12.3. The predicted molar refractivity (Wildman–Crippen MR) is 96.2 cm³/mol. The Kier molecular flexibility index (Phi) is 3.73. The normalized spacial score (nSPS) is 11.0. The molecule has 1 aromatic carbocycles. The quantitative estimate of drug-likeness (QED) is 0.613. The van der Waals surface area contributed by atoms with Gasteiger partial charge in [0.1, 0.15) is 18.2 Å². The van der Waals surface area contributed by atoms with Crippen molar-refractivity contribution in [3.8, 4) is 5.69 Å². The Hall–Kier alpha value is -3.13. The lowest BCUT2D eigenvalue weighted by Crippen LogP contribution is -2.11. The van der Waals surface area contributed by atoms with Crippen LogP contribution < -0.4 is 5.32 Å². The Morgan fingerprint density at radius 2 is 1.92 bits per heavy atom. The predicted octanol–water partition coefficient (Wildman–Crippen LogP) is 3.14. The fourth-order valence-electron chi connectivity index (χ4n) is 2.49. The van der Waals surface area contributed by atoms with Gasteiger partial charge in [0.05, 0.1) is 11.4 Å². The molecule has 0 unspecified atom stereocenters. The summed E-state index contributed by atoms with van der Waals surface area (Å²) < 4.78 is 1.87. The van der Waals surface area contributed by atoms with E-state index in [0.29, 0.717) is 10.7 Å². The summed E-state index contributed by atoms with van der Waals surface area (Å²) in [6, 6.07) is 7.26. The van der Waals surface area contributed by atoms with Crippen LogP contribution in [0.15, 0.2) is 42.3 Å². The van der Waals surface area contributed by atoms with E-state index in [0.717, 1.165) is 28.2 Å². The number of amides is 1. The monoisotopic (exact) mass is 350 g/mol. The maximum Gasteiger partial charge on any atom is 0.257 e. The van der Waals surface area contributed by atoms with E-state index in [1.165, 1.54) is 17.7 Å². The highest BCUT2D eigenvalue weighted by Gasteiger charge is 2.11. The number of carbonyl (C=O) groups excluding carboxylic acids is 1.